The molecule has 1 saturated heterocycles. The lowest BCUT2D eigenvalue weighted by Crippen LogP contribution is -2.36. The second-order valence-electron chi connectivity index (χ2n) is 4.67. The Bertz CT molecular complexity index is 530. The lowest BCUT2D eigenvalue weighted by atomic mass is 10.1. The van der Waals surface area contributed by atoms with Crippen molar-refractivity contribution in [2.75, 3.05) is 30.9 Å². The summed E-state index contributed by atoms with van der Waals surface area (Å²) in [5.41, 5.74) is 0.803. The van der Waals surface area contributed by atoms with Crippen LogP contribution >= 0.6 is 11.8 Å². The molecular weight excluding hydrogens is 278 g/mol. The van der Waals surface area contributed by atoms with Crippen LogP contribution in [0.25, 0.3) is 0 Å². The summed E-state index contributed by atoms with van der Waals surface area (Å²) in [7, 11) is 3.40. The van der Waals surface area contributed by atoms with E-state index in [9.17, 15) is 14.9 Å². The number of nitro groups is 1. The molecule has 1 fully saturated rings. The van der Waals surface area contributed by atoms with Crippen molar-refractivity contribution in [3.05, 3.63) is 33.9 Å². The Morgan fingerprint density at radius 1 is 1.55 bits per heavy atom. The maximum absolute atomic E-state index is 12.4. The molecular formula is C13H17N3O3S. The van der Waals surface area contributed by atoms with Crippen LogP contribution in [0.3, 0.4) is 0 Å². The predicted octanol–water partition coefficient (Wildman–Crippen LogP) is 2.21. The molecule has 108 valence electrons. The van der Waals surface area contributed by atoms with Crippen LogP contribution in [0, 0.1) is 10.1 Å². The van der Waals surface area contributed by atoms with E-state index in [1.807, 2.05) is 11.8 Å². The third-order valence-electron chi connectivity index (χ3n) is 3.48. The number of thioether (sulfide) groups is 1. The largest absolute Gasteiger partial charge is 0.383 e. The number of benzene rings is 1. The van der Waals surface area contributed by atoms with Crippen molar-refractivity contribution in [2.45, 2.75) is 12.5 Å². The van der Waals surface area contributed by atoms with Gasteiger partial charge in [0.15, 0.2) is 0 Å². The summed E-state index contributed by atoms with van der Waals surface area (Å²) >= 11 is 1.84. The standard InChI is InChI=1S/C13H17N3O3S/c1-14-11-7-9(3-4-12(11)16(18)19)13(17)15(2)10-5-6-20-8-10/h3-4,7,10,14H,5-6,8H2,1-2H3. The minimum atomic E-state index is -0.461. The van der Waals surface area contributed by atoms with E-state index in [-0.39, 0.29) is 17.6 Å². The average molecular weight is 295 g/mol. The second kappa shape index (κ2) is 6.13. The normalized spacial score (nSPS) is 17.8. The molecule has 1 atom stereocenters. The van der Waals surface area contributed by atoms with Gasteiger partial charge >= 0.3 is 0 Å². The molecule has 0 radical (unpaired) electrons. The number of hydrogen-bond acceptors (Lipinski definition) is 5. The highest BCUT2D eigenvalue weighted by Crippen LogP contribution is 2.27. The Balaban J connectivity index is 2.23. The lowest BCUT2D eigenvalue weighted by molar-refractivity contribution is -0.383. The summed E-state index contributed by atoms with van der Waals surface area (Å²) < 4.78 is 0. The smallest absolute Gasteiger partial charge is 0.292 e. The van der Waals surface area contributed by atoms with E-state index in [0.29, 0.717) is 11.3 Å². The molecule has 0 aliphatic carbocycles. The van der Waals surface area contributed by atoms with Crippen molar-refractivity contribution in [2.24, 2.45) is 0 Å². The number of rotatable bonds is 4. The zero-order chi connectivity index (χ0) is 14.7. The van der Waals surface area contributed by atoms with Gasteiger partial charge in [0, 0.05) is 37.5 Å². The van der Waals surface area contributed by atoms with Gasteiger partial charge in [0.1, 0.15) is 5.69 Å². The molecule has 1 aliphatic heterocycles. The lowest BCUT2D eigenvalue weighted by Gasteiger charge is -2.24. The van der Waals surface area contributed by atoms with Gasteiger partial charge in [-0.1, -0.05) is 0 Å². The minimum absolute atomic E-state index is 0.0249. The van der Waals surface area contributed by atoms with Crippen molar-refractivity contribution < 1.29 is 9.72 Å². The molecule has 7 heteroatoms. The van der Waals surface area contributed by atoms with Gasteiger partial charge < -0.3 is 10.2 Å². The number of anilines is 1. The van der Waals surface area contributed by atoms with Crippen LogP contribution in [0.2, 0.25) is 0 Å². The van der Waals surface area contributed by atoms with E-state index >= 15 is 0 Å². The Kier molecular flexibility index (Phi) is 4.49. The fourth-order valence-electron chi connectivity index (χ4n) is 2.23. The molecule has 1 amide bonds. The molecule has 1 aliphatic rings. The maximum atomic E-state index is 12.4. The Morgan fingerprint density at radius 2 is 2.30 bits per heavy atom. The third kappa shape index (κ3) is 2.87. The number of hydrogen-bond donors (Lipinski definition) is 1. The minimum Gasteiger partial charge on any atom is -0.383 e. The highest BCUT2D eigenvalue weighted by molar-refractivity contribution is 7.99. The molecule has 1 N–H and O–H groups in total. The zero-order valence-corrected chi connectivity index (χ0v) is 12.3. The quantitative estimate of drug-likeness (QED) is 0.681. The summed E-state index contributed by atoms with van der Waals surface area (Å²) in [6.07, 6.45) is 0.999. The molecule has 0 saturated carbocycles. The highest BCUT2D eigenvalue weighted by atomic mass is 32.2. The SMILES string of the molecule is CNc1cc(C(=O)N(C)C2CCSC2)ccc1[N+](=O)[O-]. The summed E-state index contributed by atoms with van der Waals surface area (Å²) in [5.74, 6) is 1.93. The van der Waals surface area contributed by atoms with Crippen molar-refractivity contribution in [1.82, 2.24) is 4.90 Å². The second-order valence-corrected chi connectivity index (χ2v) is 5.82. The van der Waals surface area contributed by atoms with E-state index in [1.165, 1.54) is 12.1 Å². The molecule has 2 rings (SSSR count). The Labute approximate surface area is 121 Å². The summed E-state index contributed by atoms with van der Waals surface area (Å²) in [4.78, 5) is 24.5. The van der Waals surface area contributed by atoms with E-state index in [4.69, 9.17) is 0 Å². The van der Waals surface area contributed by atoms with Crippen molar-refractivity contribution >= 4 is 29.0 Å². The van der Waals surface area contributed by atoms with Gasteiger partial charge in [-0.25, -0.2) is 0 Å². The van der Waals surface area contributed by atoms with E-state index in [0.717, 1.165) is 17.9 Å². The number of nitrogens with zero attached hydrogens (tertiary/aromatic N) is 2. The van der Waals surface area contributed by atoms with E-state index in [1.54, 1.807) is 25.1 Å². The van der Waals surface area contributed by atoms with Crippen LogP contribution in [0.1, 0.15) is 16.8 Å². The van der Waals surface area contributed by atoms with Crippen LogP contribution < -0.4 is 5.32 Å². The van der Waals surface area contributed by atoms with Gasteiger partial charge in [-0.3, -0.25) is 14.9 Å². The monoisotopic (exact) mass is 295 g/mol. The number of carbonyl (C=O) groups is 1. The summed E-state index contributed by atoms with van der Waals surface area (Å²) in [6, 6.07) is 4.68. The third-order valence-corrected chi connectivity index (χ3v) is 4.63. The molecule has 1 aromatic rings. The zero-order valence-electron chi connectivity index (χ0n) is 11.5. The first kappa shape index (κ1) is 14.6. The maximum Gasteiger partial charge on any atom is 0.292 e. The van der Waals surface area contributed by atoms with Crippen LogP contribution in [0.4, 0.5) is 11.4 Å². The fraction of sp³-hybridized carbons (Fsp3) is 0.462. The molecule has 1 aromatic carbocycles. The van der Waals surface area contributed by atoms with Gasteiger partial charge in [-0.2, -0.15) is 11.8 Å². The highest BCUT2D eigenvalue weighted by Gasteiger charge is 2.25. The molecule has 1 heterocycles. The molecule has 0 spiro atoms. The molecule has 0 aromatic heterocycles. The van der Waals surface area contributed by atoms with Gasteiger partial charge in [0.2, 0.25) is 0 Å². The predicted molar refractivity (Wildman–Crippen MR) is 80.5 cm³/mol. The van der Waals surface area contributed by atoms with Crippen molar-refractivity contribution in [3.63, 3.8) is 0 Å². The molecule has 6 nitrogen and oxygen atoms in total. The van der Waals surface area contributed by atoms with Crippen molar-refractivity contribution in [3.8, 4) is 0 Å². The summed E-state index contributed by atoms with van der Waals surface area (Å²) in [5, 5.41) is 13.6. The molecule has 1 unspecified atom stereocenters. The first-order valence-electron chi connectivity index (χ1n) is 6.35. The Morgan fingerprint density at radius 3 is 2.85 bits per heavy atom. The van der Waals surface area contributed by atoms with Crippen LogP contribution in [0.5, 0.6) is 0 Å². The van der Waals surface area contributed by atoms with Gasteiger partial charge in [-0.15, -0.1) is 0 Å². The first-order valence-corrected chi connectivity index (χ1v) is 7.51. The van der Waals surface area contributed by atoms with Crippen molar-refractivity contribution in [1.29, 1.82) is 0 Å². The van der Waals surface area contributed by atoms with Gasteiger partial charge in [0.05, 0.1) is 4.92 Å². The summed E-state index contributed by atoms with van der Waals surface area (Å²) in [6.45, 7) is 0. The molecule has 0 bridgehead atoms. The number of carbonyl (C=O) groups excluding carboxylic acids is 1. The van der Waals surface area contributed by atoms with Gasteiger partial charge in [0.25, 0.3) is 11.6 Å². The van der Waals surface area contributed by atoms with Crippen LogP contribution in [-0.4, -0.2) is 47.4 Å². The number of amides is 1. The van der Waals surface area contributed by atoms with Gasteiger partial charge in [-0.05, 0) is 24.3 Å². The fourth-order valence-corrected chi connectivity index (χ4v) is 3.49. The van der Waals surface area contributed by atoms with Crippen LogP contribution in [0.15, 0.2) is 18.2 Å². The van der Waals surface area contributed by atoms with E-state index < -0.39 is 4.92 Å². The Hall–Kier alpha value is -1.76. The average Bonchev–Trinajstić information content (AvgIpc) is 2.99. The topological polar surface area (TPSA) is 75.5 Å². The van der Waals surface area contributed by atoms with E-state index in [2.05, 4.69) is 5.32 Å². The number of nitro benzene ring substituents is 1. The number of nitrogens with one attached hydrogen (secondary N) is 1. The first-order chi connectivity index (χ1) is 9.54. The van der Waals surface area contributed by atoms with Crippen LogP contribution in [-0.2, 0) is 0 Å². The molecule has 20 heavy (non-hydrogen) atoms.